The van der Waals surface area contributed by atoms with Gasteiger partial charge in [0.25, 0.3) is 5.91 Å². The Morgan fingerprint density at radius 1 is 0.931 bits per heavy atom. The molecular weight excluding hydrogens is 425 g/mol. The van der Waals surface area contributed by atoms with Crippen LogP contribution in [0.3, 0.4) is 0 Å². The molecule has 0 radical (unpaired) electrons. The first kappa shape index (κ1) is 19.6. The molecule has 2 heterocycles. The van der Waals surface area contributed by atoms with Gasteiger partial charge in [-0.2, -0.15) is 0 Å². The van der Waals surface area contributed by atoms with E-state index in [0.29, 0.717) is 26.4 Å². The molecule has 1 N–H and O–H groups in total. The summed E-state index contributed by atoms with van der Waals surface area (Å²) in [6, 6.07) is 18.5. The van der Waals surface area contributed by atoms with E-state index >= 15 is 0 Å². The highest BCUT2D eigenvalue weighted by Crippen LogP contribution is 2.43. The zero-order valence-corrected chi connectivity index (χ0v) is 17.6. The SMILES string of the molecule is Cc1ccc(C(=O)Nc2nc(-c3ccccc3Cl)c(-c3ccccc3Cl)s2)cn1. The number of carbonyl (C=O) groups excluding carboxylic acids is 1. The highest BCUT2D eigenvalue weighted by molar-refractivity contribution is 7.19. The van der Waals surface area contributed by atoms with Gasteiger partial charge in [0.05, 0.1) is 21.2 Å². The van der Waals surface area contributed by atoms with Crippen LogP contribution < -0.4 is 5.32 Å². The van der Waals surface area contributed by atoms with Crippen molar-refractivity contribution in [3.8, 4) is 21.7 Å². The molecule has 4 nitrogen and oxygen atoms in total. The number of amides is 1. The molecule has 29 heavy (non-hydrogen) atoms. The number of rotatable bonds is 4. The second-order valence-electron chi connectivity index (χ2n) is 6.30. The summed E-state index contributed by atoms with van der Waals surface area (Å²) in [6.45, 7) is 1.87. The van der Waals surface area contributed by atoms with E-state index in [1.54, 1.807) is 18.3 Å². The number of nitrogens with zero attached hydrogens (tertiary/aromatic N) is 2. The average molecular weight is 440 g/mol. The summed E-state index contributed by atoms with van der Waals surface area (Å²) in [7, 11) is 0. The fourth-order valence-electron chi connectivity index (χ4n) is 2.81. The van der Waals surface area contributed by atoms with Gasteiger partial charge in [0, 0.05) is 28.0 Å². The van der Waals surface area contributed by atoms with Crippen LogP contribution in [-0.4, -0.2) is 15.9 Å². The van der Waals surface area contributed by atoms with Crippen molar-refractivity contribution in [2.75, 3.05) is 5.32 Å². The van der Waals surface area contributed by atoms with Crippen LogP contribution >= 0.6 is 34.5 Å². The zero-order valence-electron chi connectivity index (χ0n) is 15.3. The van der Waals surface area contributed by atoms with Crippen LogP contribution in [0.5, 0.6) is 0 Å². The van der Waals surface area contributed by atoms with Gasteiger partial charge in [0.2, 0.25) is 0 Å². The maximum Gasteiger partial charge on any atom is 0.259 e. The van der Waals surface area contributed by atoms with Crippen molar-refractivity contribution in [1.82, 2.24) is 9.97 Å². The number of nitrogens with one attached hydrogen (secondary N) is 1. The number of hydrogen-bond acceptors (Lipinski definition) is 4. The number of pyridine rings is 1. The minimum absolute atomic E-state index is 0.275. The summed E-state index contributed by atoms with van der Waals surface area (Å²) < 4.78 is 0. The lowest BCUT2D eigenvalue weighted by Crippen LogP contribution is -2.12. The van der Waals surface area contributed by atoms with Gasteiger partial charge in [-0.25, -0.2) is 4.98 Å². The van der Waals surface area contributed by atoms with Crippen molar-refractivity contribution in [3.05, 3.63) is 88.2 Å². The van der Waals surface area contributed by atoms with E-state index in [9.17, 15) is 4.79 Å². The second kappa shape index (κ2) is 8.33. The van der Waals surface area contributed by atoms with Crippen LogP contribution in [0.4, 0.5) is 5.13 Å². The largest absolute Gasteiger partial charge is 0.298 e. The predicted molar refractivity (Wildman–Crippen MR) is 120 cm³/mol. The van der Waals surface area contributed by atoms with Crippen LogP contribution in [0.25, 0.3) is 21.7 Å². The zero-order chi connectivity index (χ0) is 20.4. The number of benzene rings is 2. The summed E-state index contributed by atoms with van der Waals surface area (Å²) in [5.41, 5.74) is 3.59. The Kier molecular flexibility index (Phi) is 5.62. The molecule has 4 aromatic rings. The van der Waals surface area contributed by atoms with Crippen molar-refractivity contribution >= 4 is 45.6 Å². The summed E-state index contributed by atoms with van der Waals surface area (Å²) >= 11 is 14.2. The van der Waals surface area contributed by atoms with Crippen molar-refractivity contribution < 1.29 is 4.79 Å². The van der Waals surface area contributed by atoms with E-state index in [0.717, 1.165) is 21.7 Å². The lowest BCUT2D eigenvalue weighted by atomic mass is 10.1. The third-order valence-electron chi connectivity index (χ3n) is 4.27. The Bertz CT molecular complexity index is 1130. The molecule has 2 aromatic carbocycles. The van der Waals surface area contributed by atoms with E-state index < -0.39 is 0 Å². The van der Waals surface area contributed by atoms with Gasteiger partial charge in [0.1, 0.15) is 0 Å². The number of hydrogen-bond donors (Lipinski definition) is 1. The molecular formula is C22H15Cl2N3OS. The first-order valence-corrected chi connectivity index (χ1v) is 10.3. The maximum absolute atomic E-state index is 12.6. The molecule has 0 saturated heterocycles. The lowest BCUT2D eigenvalue weighted by molar-refractivity contribution is 0.102. The van der Waals surface area contributed by atoms with Gasteiger partial charge in [0.15, 0.2) is 5.13 Å². The highest BCUT2D eigenvalue weighted by atomic mass is 35.5. The van der Waals surface area contributed by atoms with Crippen molar-refractivity contribution in [2.45, 2.75) is 6.92 Å². The Balaban J connectivity index is 1.78. The van der Waals surface area contributed by atoms with Gasteiger partial charge >= 0.3 is 0 Å². The van der Waals surface area contributed by atoms with Crippen LogP contribution in [0.2, 0.25) is 10.0 Å². The Labute approximate surface area is 182 Å². The van der Waals surface area contributed by atoms with E-state index in [-0.39, 0.29) is 5.91 Å². The van der Waals surface area contributed by atoms with Crippen LogP contribution in [0, 0.1) is 6.92 Å². The Morgan fingerprint density at radius 3 is 2.21 bits per heavy atom. The average Bonchev–Trinajstić information content (AvgIpc) is 3.12. The number of anilines is 1. The molecule has 0 aliphatic heterocycles. The van der Waals surface area contributed by atoms with E-state index in [2.05, 4.69) is 15.3 Å². The first-order valence-electron chi connectivity index (χ1n) is 8.77. The summed E-state index contributed by atoms with van der Waals surface area (Å²) in [5, 5.41) is 4.50. The van der Waals surface area contributed by atoms with E-state index in [1.807, 2.05) is 55.5 Å². The van der Waals surface area contributed by atoms with Gasteiger partial charge in [-0.15, -0.1) is 0 Å². The fraction of sp³-hybridized carbons (Fsp3) is 0.0455. The molecule has 0 unspecified atom stereocenters. The quantitative estimate of drug-likeness (QED) is 0.382. The minimum Gasteiger partial charge on any atom is -0.298 e. The summed E-state index contributed by atoms with van der Waals surface area (Å²) in [6.07, 6.45) is 1.54. The smallest absolute Gasteiger partial charge is 0.259 e. The normalized spacial score (nSPS) is 10.7. The minimum atomic E-state index is -0.275. The molecule has 4 rings (SSSR count). The second-order valence-corrected chi connectivity index (χ2v) is 8.11. The molecule has 0 spiro atoms. The fourth-order valence-corrected chi connectivity index (χ4v) is 4.33. The molecule has 144 valence electrons. The summed E-state index contributed by atoms with van der Waals surface area (Å²) in [5.74, 6) is -0.275. The Morgan fingerprint density at radius 2 is 1.59 bits per heavy atom. The van der Waals surface area contributed by atoms with Crippen LogP contribution in [0.1, 0.15) is 16.1 Å². The molecule has 2 aromatic heterocycles. The van der Waals surface area contributed by atoms with E-state index in [1.165, 1.54) is 11.3 Å². The number of aromatic nitrogens is 2. The van der Waals surface area contributed by atoms with Gasteiger partial charge < -0.3 is 0 Å². The predicted octanol–water partition coefficient (Wildman–Crippen LogP) is 6.74. The van der Waals surface area contributed by atoms with Gasteiger partial charge in [-0.05, 0) is 31.2 Å². The number of halogens is 2. The highest BCUT2D eigenvalue weighted by Gasteiger charge is 2.20. The van der Waals surface area contributed by atoms with Crippen molar-refractivity contribution in [1.29, 1.82) is 0 Å². The lowest BCUT2D eigenvalue weighted by Gasteiger charge is -2.06. The van der Waals surface area contributed by atoms with Crippen molar-refractivity contribution in [3.63, 3.8) is 0 Å². The monoisotopic (exact) mass is 439 g/mol. The van der Waals surface area contributed by atoms with Gasteiger partial charge in [-0.1, -0.05) is 70.9 Å². The molecule has 0 saturated carbocycles. The molecule has 0 bridgehead atoms. The third kappa shape index (κ3) is 4.17. The van der Waals surface area contributed by atoms with E-state index in [4.69, 9.17) is 23.2 Å². The number of carbonyl (C=O) groups is 1. The molecule has 0 aliphatic carbocycles. The Hall–Kier alpha value is -2.73. The van der Waals surface area contributed by atoms with Crippen molar-refractivity contribution in [2.24, 2.45) is 0 Å². The molecule has 1 amide bonds. The maximum atomic E-state index is 12.6. The molecule has 7 heteroatoms. The first-order chi connectivity index (χ1) is 14.0. The molecule has 0 atom stereocenters. The molecule has 0 fully saturated rings. The van der Waals surface area contributed by atoms with Crippen LogP contribution in [0.15, 0.2) is 66.9 Å². The van der Waals surface area contributed by atoms with Gasteiger partial charge in [-0.3, -0.25) is 15.1 Å². The van der Waals surface area contributed by atoms with Crippen LogP contribution in [-0.2, 0) is 0 Å². The number of aryl methyl sites for hydroxylation is 1. The topological polar surface area (TPSA) is 54.9 Å². The number of thiazole rings is 1. The standard InChI is InChI=1S/C22H15Cl2N3OS/c1-13-10-11-14(12-25-13)21(28)27-22-26-19(15-6-2-4-8-17(15)23)20(29-22)16-7-3-5-9-18(16)24/h2-12H,1H3,(H,26,27,28). The summed E-state index contributed by atoms with van der Waals surface area (Å²) in [4.78, 5) is 22.3. The molecule has 0 aliphatic rings. The third-order valence-corrected chi connectivity index (χ3v) is 5.93.